The van der Waals surface area contributed by atoms with Gasteiger partial charge in [-0.3, -0.25) is 4.79 Å². The lowest BCUT2D eigenvalue weighted by Crippen LogP contribution is -2.34. The maximum Gasteiger partial charge on any atom is 0.249 e. The number of hydrogen-bond acceptors (Lipinski definition) is 3. The molecule has 2 N–H and O–H groups in total. The Morgan fingerprint density at radius 3 is 2.77 bits per heavy atom. The van der Waals surface area contributed by atoms with Gasteiger partial charge in [-0.05, 0) is 26.0 Å². The summed E-state index contributed by atoms with van der Waals surface area (Å²) in [5, 5.41) is 11.5. The van der Waals surface area contributed by atoms with Gasteiger partial charge in [0, 0.05) is 0 Å². The van der Waals surface area contributed by atoms with E-state index in [-0.39, 0.29) is 6.04 Å². The number of aliphatic hydroxyl groups is 1. The van der Waals surface area contributed by atoms with Crippen molar-refractivity contribution < 1.29 is 14.3 Å². The fraction of sp³-hybridized carbons (Fsp3) is 0.444. The van der Waals surface area contributed by atoms with Crippen molar-refractivity contribution >= 4 is 5.91 Å². The molecule has 72 valence electrons. The summed E-state index contributed by atoms with van der Waals surface area (Å²) in [5.74, 6) is 0.276. The average molecular weight is 183 g/mol. The Balaban J connectivity index is 2.51. The Labute approximate surface area is 76.6 Å². The molecule has 0 radical (unpaired) electrons. The van der Waals surface area contributed by atoms with Gasteiger partial charge in [-0.25, -0.2) is 0 Å². The van der Waals surface area contributed by atoms with Gasteiger partial charge in [-0.2, -0.15) is 0 Å². The quantitative estimate of drug-likeness (QED) is 0.729. The molecular formula is C9H13NO3. The van der Waals surface area contributed by atoms with E-state index in [0.717, 1.165) is 0 Å². The standard InChI is InChI=1S/C9H13NO3/c1-6(8-4-3-5-13-8)10-9(12)7(2)11/h3-7,11H,1-2H3,(H,10,12)/t6?,7-/m0/s1. The monoisotopic (exact) mass is 183 g/mol. The minimum atomic E-state index is -0.989. The van der Waals surface area contributed by atoms with E-state index in [4.69, 9.17) is 9.52 Å². The summed E-state index contributed by atoms with van der Waals surface area (Å²) in [5.41, 5.74) is 0. The Morgan fingerprint density at radius 1 is 1.62 bits per heavy atom. The van der Waals surface area contributed by atoms with Crippen LogP contribution in [0.25, 0.3) is 0 Å². The minimum Gasteiger partial charge on any atom is -0.467 e. The summed E-state index contributed by atoms with van der Waals surface area (Å²) >= 11 is 0. The van der Waals surface area contributed by atoms with Gasteiger partial charge < -0.3 is 14.8 Å². The van der Waals surface area contributed by atoms with Crippen LogP contribution in [0.3, 0.4) is 0 Å². The predicted molar refractivity (Wildman–Crippen MR) is 46.9 cm³/mol. The first-order valence-corrected chi connectivity index (χ1v) is 4.13. The number of amides is 1. The number of hydrogen-bond donors (Lipinski definition) is 2. The average Bonchev–Trinajstić information content (AvgIpc) is 2.55. The molecule has 1 rings (SSSR count). The minimum absolute atomic E-state index is 0.211. The van der Waals surface area contributed by atoms with Gasteiger partial charge in [0.1, 0.15) is 11.9 Å². The van der Waals surface area contributed by atoms with Crippen molar-refractivity contribution in [2.24, 2.45) is 0 Å². The smallest absolute Gasteiger partial charge is 0.249 e. The summed E-state index contributed by atoms with van der Waals surface area (Å²) in [6.07, 6.45) is 0.554. The Morgan fingerprint density at radius 2 is 2.31 bits per heavy atom. The van der Waals surface area contributed by atoms with Gasteiger partial charge >= 0.3 is 0 Å². The van der Waals surface area contributed by atoms with Crippen molar-refractivity contribution in [3.63, 3.8) is 0 Å². The van der Waals surface area contributed by atoms with Crippen LogP contribution < -0.4 is 5.32 Å². The lowest BCUT2D eigenvalue weighted by atomic mass is 10.2. The van der Waals surface area contributed by atoms with Crippen molar-refractivity contribution in [1.82, 2.24) is 5.32 Å². The highest BCUT2D eigenvalue weighted by Gasteiger charge is 2.14. The molecule has 4 nitrogen and oxygen atoms in total. The Bertz CT molecular complexity index is 266. The molecule has 1 unspecified atom stereocenters. The molecule has 0 aliphatic rings. The summed E-state index contributed by atoms with van der Waals surface area (Å²) < 4.78 is 5.08. The first kappa shape index (κ1) is 9.80. The highest BCUT2D eigenvalue weighted by atomic mass is 16.3. The molecule has 0 aliphatic carbocycles. The van der Waals surface area contributed by atoms with Gasteiger partial charge in [0.25, 0.3) is 0 Å². The lowest BCUT2D eigenvalue weighted by Gasteiger charge is -2.12. The van der Waals surface area contributed by atoms with Crippen LogP contribution in [-0.2, 0) is 4.79 Å². The molecule has 1 aromatic heterocycles. The van der Waals surface area contributed by atoms with E-state index in [1.165, 1.54) is 6.92 Å². The summed E-state index contributed by atoms with van der Waals surface area (Å²) in [6, 6.07) is 3.31. The van der Waals surface area contributed by atoms with Crippen molar-refractivity contribution in [3.05, 3.63) is 24.2 Å². The van der Waals surface area contributed by atoms with E-state index in [2.05, 4.69) is 5.32 Å². The second kappa shape index (κ2) is 4.09. The van der Waals surface area contributed by atoms with E-state index in [1.807, 2.05) is 0 Å². The third-order valence-electron chi connectivity index (χ3n) is 1.71. The summed E-state index contributed by atoms with van der Waals surface area (Å²) in [4.78, 5) is 11.0. The molecule has 0 saturated heterocycles. The Kier molecular flexibility index (Phi) is 3.08. The van der Waals surface area contributed by atoms with Gasteiger partial charge in [0.2, 0.25) is 5.91 Å². The third kappa shape index (κ3) is 2.59. The second-order valence-electron chi connectivity index (χ2n) is 2.92. The molecule has 1 aromatic rings. The number of carbonyl (C=O) groups is 1. The molecule has 2 atom stereocenters. The molecule has 1 amide bonds. The van der Waals surface area contributed by atoms with Crippen molar-refractivity contribution in [2.45, 2.75) is 26.0 Å². The number of nitrogens with one attached hydrogen (secondary N) is 1. The van der Waals surface area contributed by atoms with Crippen LogP contribution in [0.4, 0.5) is 0 Å². The molecule has 1 heterocycles. The maximum atomic E-state index is 11.0. The third-order valence-corrected chi connectivity index (χ3v) is 1.71. The van der Waals surface area contributed by atoms with E-state index in [0.29, 0.717) is 5.76 Å². The van der Waals surface area contributed by atoms with Crippen molar-refractivity contribution in [2.75, 3.05) is 0 Å². The Hall–Kier alpha value is -1.29. The zero-order valence-electron chi connectivity index (χ0n) is 7.65. The van der Waals surface area contributed by atoms with Crippen LogP contribution >= 0.6 is 0 Å². The van der Waals surface area contributed by atoms with E-state index in [9.17, 15) is 4.79 Å². The van der Waals surface area contributed by atoms with Crippen LogP contribution in [0, 0.1) is 0 Å². The normalized spacial score (nSPS) is 15.0. The molecule has 0 saturated carbocycles. The molecule has 0 bridgehead atoms. The van der Waals surface area contributed by atoms with Gasteiger partial charge in [-0.15, -0.1) is 0 Å². The molecule has 0 aromatic carbocycles. The van der Waals surface area contributed by atoms with E-state index < -0.39 is 12.0 Å². The zero-order valence-corrected chi connectivity index (χ0v) is 7.65. The van der Waals surface area contributed by atoms with Crippen molar-refractivity contribution in [3.8, 4) is 0 Å². The molecule has 0 aliphatic heterocycles. The molecule has 13 heavy (non-hydrogen) atoms. The molecule has 0 fully saturated rings. The van der Waals surface area contributed by atoms with Crippen molar-refractivity contribution in [1.29, 1.82) is 0 Å². The molecule has 4 heteroatoms. The fourth-order valence-electron chi connectivity index (χ4n) is 0.943. The van der Waals surface area contributed by atoms with E-state index >= 15 is 0 Å². The largest absolute Gasteiger partial charge is 0.467 e. The highest BCUT2D eigenvalue weighted by molar-refractivity contribution is 5.80. The molecule has 0 spiro atoms. The van der Waals surface area contributed by atoms with Crippen LogP contribution in [0.5, 0.6) is 0 Å². The van der Waals surface area contributed by atoms with Gasteiger partial charge in [0.15, 0.2) is 0 Å². The first-order valence-electron chi connectivity index (χ1n) is 4.13. The zero-order chi connectivity index (χ0) is 9.84. The highest BCUT2D eigenvalue weighted by Crippen LogP contribution is 2.11. The SMILES string of the molecule is CC(NC(=O)[C@H](C)O)c1ccco1. The van der Waals surface area contributed by atoms with E-state index in [1.54, 1.807) is 25.3 Å². The second-order valence-corrected chi connectivity index (χ2v) is 2.92. The number of rotatable bonds is 3. The number of aliphatic hydroxyl groups excluding tert-OH is 1. The lowest BCUT2D eigenvalue weighted by molar-refractivity contribution is -0.129. The number of furan rings is 1. The van der Waals surface area contributed by atoms with Gasteiger partial charge in [0.05, 0.1) is 12.3 Å². The van der Waals surface area contributed by atoms with Crippen LogP contribution in [-0.4, -0.2) is 17.1 Å². The summed E-state index contributed by atoms with van der Waals surface area (Å²) in [6.45, 7) is 3.21. The van der Waals surface area contributed by atoms with Crippen LogP contribution in [0.1, 0.15) is 25.6 Å². The first-order chi connectivity index (χ1) is 6.11. The number of carbonyl (C=O) groups excluding carboxylic acids is 1. The van der Waals surface area contributed by atoms with Gasteiger partial charge in [-0.1, -0.05) is 0 Å². The maximum absolute atomic E-state index is 11.0. The van der Waals surface area contributed by atoms with Crippen LogP contribution in [0.2, 0.25) is 0 Å². The van der Waals surface area contributed by atoms with Crippen LogP contribution in [0.15, 0.2) is 22.8 Å². The molecular weight excluding hydrogens is 170 g/mol. The predicted octanol–water partition coefficient (Wildman–Crippen LogP) is 0.838. The topological polar surface area (TPSA) is 62.5 Å². The fourth-order valence-corrected chi connectivity index (χ4v) is 0.943. The summed E-state index contributed by atoms with van der Waals surface area (Å²) in [7, 11) is 0.